The zero-order chi connectivity index (χ0) is 21.4. The minimum Gasteiger partial charge on any atom is -0.341 e. The molecule has 3 atom stereocenters. The first-order valence-electron chi connectivity index (χ1n) is 11.4. The van der Waals surface area contributed by atoms with E-state index in [1.54, 1.807) is 24.3 Å². The summed E-state index contributed by atoms with van der Waals surface area (Å²) in [6, 6.07) is 15.7. The largest absolute Gasteiger partial charge is 0.341 e. The van der Waals surface area contributed by atoms with Crippen LogP contribution in [0.4, 0.5) is 0 Å². The Labute approximate surface area is 183 Å². The second kappa shape index (κ2) is 8.29. The number of carbonyl (C=O) groups excluding carboxylic acids is 3. The van der Waals surface area contributed by atoms with Crippen molar-refractivity contribution in [1.82, 2.24) is 9.80 Å². The van der Waals surface area contributed by atoms with E-state index in [-0.39, 0.29) is 17.7 Å². The molecule has 31 heavy (non-hydrogen) atoms. The molecule has 0 unspecified atom stereocenters. The van der Waals surface area contributed by atoms with Gasteiger partial charge in [-0.25, -0.2) is 0 Å². The molecule has 2 fully saturated rings. The van der Waals surface area contributed by atoms with Crippen LogP contribution in [-0.4, -0.2) is 46.7 Å². The van der Waals surface area contributed by atoms with Gasteiger partial charge in [0, 0.05) is 19.5 Å². The molecular formula is C26H28N2O3. The van der Waals surface area contributed by atoms with Crippen LogP contribution in [-0.2, 0) is 11.2 Å². The van der Waals surface area contributed by atoms with E-state index in [1.165, 1.54) is 30.6 Å². The normalized spacial score (nSPS) is 24.0. The third-order valence-corrected chi connectivity index (χ3v) is 7.30. The van der Waals surface area contributed by atoms with Gasteiger partial charge in [0.15, 0.2) is 0 Å². The SMILES string of the molecule is O=C([C@H](Cc1ccccc1)N1C(=O)c2ccccc2C1=O)N1CC[C@H]2CCCC[C@H]2C1. The molecule has 0 spiro atoms. The van der Waals surface area contributed by atoms with Gasteiger partial charge in [-0.1, -0.05) is 61.7 Å². The van der Waals surface area contributed by atoms with Gasteiger partial charge >= 0.3 is 0 Å². The van der Waals surface area contributed by atoms with Crippen molar-refractivity contribution < 1.29 is 14.4 Å². The third-order valence-electron chi connectivity index (χ3n) is 7.30. The van der Waals surface area contributed by atoms with Crippen LogP contribution in [0.5, 0.6) is 0 Å². The van der Waals surface area contributed by atoms with E-state index in [0.717, 1.165) is 18.5 Å². The third kappa shape index (κ3) is 3.67. The molecule has 1 saturated heterocycles. The number of imide groups is 1. The van der Waals surface area contributed by atoms with Gasteiger partial charge < -0.3 is 4.90 Å². The van der Waals surface area contributed by atoms with Gasteiger partial charge in [-0.05, 0) is 42.4 Å². The second-order valence-corrected chi connectivity index (χ2v) is 9.11. The summed E-state index contributed by atoms with van der Waals surface area (Å²) in [6.45, 7) is 1.46. The maximum Gasteiger partial charge on any atom is 0.262 e. The number of nitrogens with zero attached hydrogens (tertiary/aromatic N) is 2. The number of hydrogen-bond acceptors (Lipinski definition) is 3. The van der Waals surface area contributed by atoms with Gasteiger partial charge in [-0.3, -0.25) is 19.3 Å². The molecule has 3 amide bonds. The quantitative estimate of drug-likeness (QED) is 0.710. The Morgan fingerprint density at radius 2 is 1.45 bits per heavy atom. The van der Waals surface area contributed by atoms with Crippen LogP contribution < -0.4 is 0 Å². The highest BCUT2D eigenvalue weighted by Gasteiger charge is 2.45. The van der Waals surface area contributed by atoms with E-state index in [9.17, 15) is 14.4 Å². The Hall–Kier alpha value is -2.95. The number of amides is 3. The molecule has 5 nitrogen and oxygen atoms in total. The van der Waals surface area contributed by atoms with Gasteiger partial charge in [0.2, 0.25) is 5.91 Å². The van der Waals surface area contributed by atoms with Gasteiger partial charge in [-0.15, -0.1) is 0 Å². The fraction of sp³-hybridized carbons (Fsp3) is 0.423. The molecular weight excluding hydrogens is 388 g/mol. The topological polar surface area (TPSA) is 57.7 Å². The molecule has 3 aliphatic rings. The number of benzene rings is 2. The van der Waals surface area contributed by atoms with Crippen molar-refractivity contribution in [2.75, 3.05) is 13.1 Å². The molecule has 160 valence electrons. The lowest BCUT2D eigenvalue weighted by atomic mass is 9.75. The van der Waals surface area contributed by atoms with Crippen LogP contribution >= 0.6 is 0 Å². The zero-order valence-electron chi connectivity index (χ0n) is 17.7. The standard InChI is InChI=1S/C26H28N2O3/c29-24-21-12-6-7-13-22(21)25(30)28(24)23(16-18-8-2-1-3-9-18)26(31)27-15-14-19-10-4-5-11-20(19)17-27/h1-3,6-9,12-13,19-20,23H,4-5,10-11,14-17H2/t19-,20+,23+/m1/s1. The minimum absolute atomic E-state index is 0.0950. The summed E-state index contributed by atoms with van der Waals surface area (Å²) in [5, 5.41) is 0. The van der Waals surface area contributed by atoms with E-state index in [0.29, 0.717) is 35.9 Å². The molecule has 2 heterocycles. The summed E-state index contributed by atoms with van der Waals surface area (Å²) in [5.41, 5.74) is 1.73. The maximum absolute atomic E-state index is 13.8. The molecule has 1 aliphatic carbocycles. The van der Waals surface area contributed by atoms with Crippen LogP contribution in [0.3, 0.4) is 0 Å². The Bertz CT molecular complexity index is 968. The fourth-order valence-electron chi connectivity index (χ4n) is 5.63. The van der Waals surface area contributed by atoms with Crippen molar-refractivity contribution in [2.45, 2.75) is 44.6 Å². The molecule has 2 aliphatic heterocycles. The lowest BCUT2D eigenvalue weighted by Crippen LogP contribution is -2.55. The highest BCUT2D eigenvalue weighted by atomic mass is 16.2. The van der Waals surface area contributed by atoms with Gasteiger partial charge in [-0.2, -0.15) is 0 Å². The van der Waals surface area contributed by atoms with Crippen molar-refractivity contribution in [2.24, 2.45) is 11.8 Å². The molecule has 0 N–H and O–H groups in total. The first-order valence-corrected chi connectivity index (χ1v) is 11.4. The van der Waals surface area contributed by atoms with Crippen molar-refractivity contribution in [3.05, 3.63) is 71.3 Å². The highest BCUT2D eigenvalue weighted by molar-refractivity contribution is 6.22. The Kier molecular flexibility index (Phi) is 5.34. The maximum atomic E-state index is 13.8. The summed E-state index contributed by atoms with van der Waals surface area (Å²) in [7, 11) is 0. The van der Waals surface area contributed by atoms with Crippen LogP contribution in [0.15, 0.2) is 54.6 Å². The Morgan fingerprint density at radius 3 is 2.13 bits per heavy atom. The van der Waals surface area contributed by atoms with Crippen LogP contribution in [0.1, 0.15) is 58.4 Å². The number of carbonyl (C=O) groups is 3. The summed E-state index contributed by atoms with van der Waals surface area (Å²) in [6.07, 6.45) is 6.32. The predicted octanol–water partition coefficient (Wildman–Crippen LogP) is 3.93. The summed E-state index contributed by atoms with van der Waals surface area (Å²) in [4.78, 5) is 43.3. The van der Waals surface area contributed by atoms with E-state index in [4.69, 9.17) is 0 Å². The predicted molar refractivity (Wildman–Crippen MR) is 118 cm³/mol. The van der Waals surface area contributed by atoms with E-state index >= 15 is 0 Å². The average Bonchev–Trinajstić information content (AvgIpc) is 3.07. The Balaban J connectivity index is 1.44. The van der Waals surface area contributed by atoms with Gasteiger partial charge in [0.05, 0.1) is 11.1 Å². The van der Waals surface area contributed by atoms with Crippen molar-refractivity contribution in [3.63, 3.8) is 0 Å². The van der Waals surface area contributed by atoms with Crippen LogP contribution in [0.2, 0.25) is 0 Å². The zero-order valence-corrected chi connectivity index (χ0v) is 17.7. The van der Waals surface area contributed by atoms with Gasteiger partial charge in [0.25, 0.3) is 11.8 Å². The summed E-state index contributed by atoms with van der Waals surface area (Å²) >= 11 is 0. The lowest BCUT2D eigenvalue weighted by molar-refractivity contribution is -0.138. The smallest absolute Gasteiger partial charge is 0.262 e. The van der Waals surface area contributed by atoms with E-state index in [1.807, 2.05) is 35.2 Å². The fourth-order valence-corrected chi connectivity index (χ4v) is 5.63. The molecule has 2 aromatic rings. The lowest BCUT2D eigenvalue weighted by Gasteiger charge is -2.43. The average molecular weight is 417 g/mol. The van der Waals surface area contributed by atoms with Crippen molar-refractivity contribution >= 4 is 17.7 Å². The van der Waals surface area contributed by atoms with Crippen LogP contribution in [0.25, 0.3) is 0 Å². The monoisotopic (exact) mass is 416 g/mol. The van der Waals surface area contributed by atoms with Crippen molar-refractivity contribution in [1.29, 1.82) is 0 Å². The molecule has 5 rings (SSSR count). The van der Waals surface area contributed by atoms with Crippen LogP contribution in [0, 0.1) is 11.8 Å². The molecule has 2 aromatic carbocycles. The summed E-state index contributed by atoms with van der Waals surface area (Å²) < 4.78 is 0. The van der Waals surface area contributed by atoms with Crippen molar-refractivity contribution in [3.8, 4) is 0 Å². The number of hydrogen-bond donors (Lipinski definition) is 0. The molecule has 5 heteroatoms. The first kappa shape index (κ1) is 20.0. The van der Waals surface area contributed by atoms with E-state index < -0.39 is 6.04 Å². The first-order chi connectivity index (χ1) is 15.1. The van der Waals surface area contributed by atoms with Gasteiger partial charge in [0.1, 0.15) is 6.04 Å². The number of rotatable bonds is 4. The minimum atomic E-state index is -0.810. The summed E-state index contributed by atoms with van der Waals surface area (Å²) in [5.74, 6) is 0.447. The Morgan fingerprint density at radius 1 is 0.839 bits per heavy atom. The molecule has 1 saturated carbocycles. The molecule has 0 radical (unpaired) electrons. The van der Waals surface area contributed by atoms with E-state index in [2.05, 4.69) is 0 Å². The number of piperidine rings is 1. The number of fused-ring (bicyclic) bond motifs is 2. The number of likely N-dealkylation sites (tertiary alicyclic amines) is 1. The molecule has 0 aromatic heterocycles. The highest BCUT2D eigenvalue weighted by Crippen LogP contribution is 2.37. The molecule has 0 bridgehead atoms. The second-order valence-electron chi connectivity index (χ2n) is 9.11.